The van der Waals surface area contributed by atoms with Crippen molar-refractivity contribution < 1.29 is 41.8 Å². The van der Waals surface area contributed by atoms with Crippen molar-refractivity contribution in [2.24, 2.45) is 0 Å². The predicted octanol–water partition coefficient (Wildman–Crippen LogP) is -1.00. The van der Waals surface area contributed by atoms with E-state index in [-0.39, 0.29) is 19.5 Å². The van der Waals surface area contributed by atoms with E-state index in [4.69, 9.17) is 14.7 Å². The number of nitrogens with zero attached hydrogens (tertiary/aromatic N) is 1. The molecule has 7 nitrogen and oxygen atoms in total. The first-order valence-electron chi connectivity index (χ1n) is 1.23. The summed E-state index contributed by atoms with van der Waals surface area (Å²) < 4.78 is 28.9. The molecule has 1 radical (unpaired) electrons. The molecule has 0 aromatic carbocycles. The Labute approximate surface area is 62.8 Å². The van der Waals surface area contributed by atoms with Crippen LogP contribution in [-0.2, 0) is 34.2 Å². The van der Waals surface area contributed by atoms with E-state index in [1.54, 1.807) is 0 Å². The molecule has 0 atom stereocenters. The largest absolute Gasteiger partial charge is 0.429 e. The smallest absolute Gasteiger partial charge is 0.265 e. The SMILES string of the molecule is O=[N+]([O-])OS(=O)(=O)O.[Rh]. The van der Waals surface area contributed by atoms with E-state index < -0.39 is 15.5 Å². The van der Waals surface area contributed by atoms with Crippen molar-refractivity contribution in [1.29, 1.82) is 0 Å². The first-order valence-corrected chi connectivity index (χ1v) is 2.60. The van der Waals surface area contributed by atoms with Crippen molar-refractivity contribution in [3.63, 3.8) is 0 Å². The summed E-state index contributed by atoms with van der Waals surface area (Å²) >= 11 is 0. The predicted molar refractivity (Wildman–Crippen MR) is 19.6 cm³/mol. The van der Waals surface area contributed by atoms with Gasteiger partial charge in [-0.2, -0.15) is 12.7 Å². The third kappa shape index (κ3) is 11.3. The van der Waals surface area contributed by atoms with E-state index in [1.165, 1.54) is 0 Å². The molecule has 0 fully saturated rings. The normalized spacial score (nSPS) is 9.44. The van der Waals surface area contributed by atoms with Crippen LogP contribution in [0.2, 0.25) is 0 Å². The molecule has 0 bridgehead atoms. The Kier molecular flexibility index (Phi) is 4.74. The molecule has 0 heterocycles. The van der Waals surface area contributed by atoms with Crippen molar-refractivity contribution in [2.75, 3.05) is 0 Å². The molecular weight excluding hydrogens is 245 g/mol. The van der Waals surface area contributed by atoms with Crippen LogP contribution >= 0.6 is 0 Å². The Morgan fingerprint density at radius 1 is 1.56 bits per heavy atom. The molecule has 0 saturated heterocycles. The fraction of sp³-hybridized carbons (Fsp3) is 0. The average molecular weight is 246 g/mol. The molecule has 0 saturated carbocycles. The van der Waals surface area contributed by atoms with Gasteiger partial charge in [0.2, 0.25) is 0 Å². The summed E-state index contributed by atoms with van der Waals surface area (Å²) in [5.41, 5.74) is 0. The molecule has 9 heavy (non-hydrogen) atoms. The molecular formula is HNO6RhS. The summed E-state index contributed by atoms with van der Waals surface area (Å²) in [6.07, 6.45) is 0. The van der Waals surface area contributed by atoms with Gasteiger partial charge < -0.3 is 0 Å². The second kappa shape index (κ2) is 3.70. The van der Waals surface area contributed by atoms with Gasteiger partial charge in [-0.05, 0) is 0 Å². The summed E-state index contributed by atoms with van der Waals surface area (Å²) in [7, 11) is -4.92. The van der Waals surface area contributed by atoms with Crippen LogP contribution in [0.15, 0.2) is 0 Å². The van der Waals surface area contributed by atoms with Gasteiger partial charge in [0.05, 0.1) is 0 Å². The van der Waals surface area contributed by atoms with Crippen LogP contribution in [0.4, 0.5) is 0 Å². The van der Waals surface area contributed by atoms with Crippen molar-refractivity contribution in [3.8, 4) is 0 Å². The maximum Gasteiger partial charge on any atom is 0.429 e. The van der Waals surface area contributed by atoms with Crippen LogP contribution in [0.25, 0.3) is 0 Å². The Bertz CT molecular complexity index is 179. The maximum atomic E-state index is 9.33. The quantitative estimate of drug-likeness (QED) is 0.289. The van der Waals surface area contributed by atoms with Crippen LogP contribution < -0.4 is 0 Å². The molecule has 0 rings (SSSR count). The molecule has 0 aliphatic carbocycles. The fourth-order valence-corrected chi connectivity index (χ4v) is 0.231. The zero-order chi connectivity index (χ0) is 6.78. The topological polar surface area (TPSA) is 107 Å². The van der Waals surface area contributed by atoms with Gasteiger partial charge in [-0.3, -0.25) is 4.55 Å². The zero-order valence-corrected chi connectivity index (χ0v) is 6.13. The maximum absolute atomic E-state index is 9.33. The monoisotopic (exact) mass is 246 g/mol. The van der Waals surface area contributed by atoms with Crippen LogP contribution in [0.3, 0.4) is 0 Å². The summed E-state index contributed by atoms with van der Waals surface area (Å²) in [5.74, 6) is 0. The molecule has 0 unspecified atom stereocenters. The Morgan fingerprint density at radius 3 is 1.89 bits per heavy atom. The molecule has 1 N–H and O–H groups in total. The average Bonchev–Trinajstić information content (AvgIpc) is 1.21. The van der Waals surface area contributed by atoms with Crippen LogP contribution in [0, 0.1) is 10.1 Å². The first kappa shape index (κ1) is 11.5. The summed E-state index contributed by atoms with van der Waals surface area (Å²) in [5, 5.41) is 7.43. The minimum absolute atomic E-state index is 0. The standard InChI is InChI=1S/HNO6S.Rh/c2-1(3)7-8(4,5)6;/h(H,4,5,6);. The van der Waals surface area contributed by atoms with E-state index in [2.05, 4.69) is 4.28 Å². The van der Waals surface area contributed by atoms with Crippen molar-refractivity contribution in [1.82, 2.24) is 0 Å². The minimum Gasteiger partial charge on any atom is -0.265 e. The third-order valence-corrected chi connectivity index (χ3v) is 0.465. The second-order valence-corrected chi connectivity index (χ2v) is 1.73. The Hall–Kier alpha value is -0.267. The van der Waals surface area contributed by atoms with E-state index in [0.29, 0.717) is 0 Å². The second-order valence-electron chi connectivity index (χ2n) is 0.726. The van der Waals surface area contributed by atoms with E-state index in [1.807, 2.05) is 0 Å². The van der Waals surface area contributed by atoms with E-state index in [0.717, 1.165) is 0 Å². The van der Waals surface area contributed by atoms with Crippen molar-refractivity contribution in [3.05, 3.63) is 10.1 Å². The van der Waals surface area contributed by atoms with Gasteiger partial charge in [0, 0.05) is 19.5 Å². The summed E-state index contributed by atoms with van der Waals surface area (Å²) in [4.78, 5) is 9.06. The number of rotatable bonds is 2. The zero-order valence-electron chi connectivity index (χ0n) is 3.68. The van der Waals surface area contributed by atoms with Gasteiger partial charge in [0.15, 0.2) is 0 Å². The number of hydrogen-bond donors (Lipinski definition) is 1. The van der Waals surface area contributed by atoms with Gasteiger partial charge in [0.1, 0.15) is 0 Å². The minimum atomic E-state index is -4.92. The van der Waals surface area contributed by atoms with E-state index >= 15 is 0 Å². The molecule has 0 aromatic rings. The van der Waals surface area contributed by atoms with Crippen LogP contribution in [-0.4, -0.2) is 18.1 Å². The van der Waals surface area contributed by atoms with Crippen molar-refractivity contribution >= 4 is 10.4 Å². The molecule has 0 aliphatic rings. The van der Waals surface area contributed by atoms with Crippen LogP contribution in [0.5, 0.6) is 0 Å². The molecule has 0 aliphatic heterocycles. The molecule has 9 heteroatoms. The summed E-state index contributed by atoms with van der Waals surface area (Å²) in [6.45, 7) is 0. The molecule has 0 amide bonds. The Balaban J connectivity index is 0. The van der Waals surface area contributed by atoms with Gasteiger partial charge in [-0.15, -0.1) is 10.1 Å². The van der Waals surface area contributed by atoms with E-state index in [9.17, 15) is 8.42 Å². The van der Waals surface area contributed by atoms with Gasteiger partial charge in [-0.25, -0.2) is 0 Å². The van der Waals surface area contributed by atoms with Crippen LogP contribution in [0.1, 0.15) is 0 Å². The fourth-order valence-electron chi connectivity index (χ4n) is 0.0769. The summed E-state index contributed by atoms with van der Waals surface area (Å²) in [6, 6.07) is 0. The number of hydrogen-bond acceptors (Lipinski definition) is 5. The van der Waals surface area contributed by atoms with Gasteiger partial charge >= 0.3 is 15.5 Å². The van der Waals surface area contributed by atoms with Gasteiger partial charge in [-0.1, -0.05) is 0 Å². The molecule has 57 valence electrons. The van der Waals surface area contributed by atoms with Crippen molar-refractivity contribution in [2.45, 2.75) is 0 Å². The molecule has 0 aromatic heterocycles. The first-order chi connectivity index (χ1) is 3.42. The molecule has 0 spiro atoms. The van der Waals surface area contributed by atoms with Gasteiger partial charge in [0.25, 0.3) is 0 Å². The Morgan fingerprint density at radius 2 is 1.89 bits per heavy atom. The third-order valence-electron chi connectivity index (χ3n) is 0.155.